The smallest absolute Gasteiger partial charge is 0.0837 e. The van der Waals surface area contributed by atoms with Gasteiger partial charge in [-0.15, -0.1) is 0 Å². The van der Waals surface area contributed by atoms with E-state index in [9.17, 15) is 0 Å². The van der Waals surface area contributed by atoms with Gasteiger partial charge in [-0.25, -0.2) is 0 Å². The number of rotatable bonds is 8. The number of hydrogen-bond acceptors (Lipinski definition) is 2. The molecule has 1 saturated carbocycles. The Labute approximate surface area is 134 Å². The van der Waals surface area contributed by atoms with Gasteiger partial charge in [-0.05, 0) is 56.8 Å². The van der Waals surface area contributed by atoms with Gasteiger partial charge >= 0.3 is 0 Å². The lowest BCUT2D eigenvalue weighted by Gasteiger charge is -2.38. The van der Waals surface area contributed by atoms with Gasteiger partial charge in [0.25, 0.3) is 0 Å². The van der Waals surface area contributed by atoms with Gasteiger partial charge in [0.15, 0.2) is 0 Å². The number of benzene rings is 1. The fraction of sp³-hybridized carbons (Fsp3) is 0.667. The average molecular weight is 310 g/mol. The van der Waals surface area contributed by atoms with Crippen LogP contribution in [0.25, 0.3) is 0 Å². The zero-order valence-corrected chi connectivity index (χ0v) is 14.1. The van der Waals surface area contributed by atoms with E-state index >= 15 is 0 Å². The Balaban J connectivity index is 2.16. The highest BCUT2D eigenvalue weighted by atomic mass is 35.5. The molecule has 1 aliphatic rings. The predicted octanol–water partition coefficient (Wildman–Crippen LogP) is 4.60. The molecule has 1 N–H and O–H groups in total. The molecular formula is C18H28ClNO. The molecule has 118 valence electrons. The molecule has 2 rings (SSSR count). The first kappa shape index (κ1) is 16.8. The van der Waals surface area contributed by atoms with Crippen LogP contribution in [0, 0.1) is 0 Å². The fourth-order valence-electron chi connectivity index (χ4n) is 3.52. The van der Waals surface area contributed by atoms with Crippen LogP contribution >= 0.6 is 11.6 Å². The molecule has 1 fully saturated rings. The molecule has 21 heavy (non-hydrogen) atoms. The normalized spacial score (nSPS) is 18.8. The third-order valence-electron chi connectivity index (χ3n) is 4.49. The average Bonchev–Trinajstić information content (AvgIpc) is 2.93. The molecule has 0 heterocycles. The molecule has 1 aromatic carbocycles. The van der Waals surface area contributed by atoms with Crippen molar-refractivity contribution >= 4 is 11.6 Å². The second-order valence-electron chi connectivity index (χ2n) is 6.05. The maximum atomic E-state index is 6.26. The van der Waals surface area contributed by atoms with Crippen LogP contribution in [0.2, 0.25) is 5.02 Å². The summed E-state index contributed by atoms with van der Waals surface area (Å²) >= 11 is 6.14. The van der Waals surface area contributed by atoms with E-state index in [0.717, 1.165) is 31.0 Å². The van der Waals surface area contributed by atoms with E-state index < -0.39 is 0 Å². The molecule has 0 spiro atoms. The molecule has 0 bridgehead atoms. The lowest BCUT2D eigenvalue weighted by molar-refractivity contribution is -0.0612. The van der Waals surface area contributed by atoms with Crippen LogP contribution in [0.1, 0.15) is 51.5 Å². The monoisotopic (exact) mass is 309 g/mol. The third-order valence-corrected chi connectivity index (χ3v) is 4.72. The van der Waals surface area contributed by atoms with Crippen LogP contribution in [-0.2, 0) is 11.2 Å². The highest BCUT2D eigenvalue weighted by molar-refractivity contribution is 6.30. The molecule has 2 nitrogen and oxygen atoms in total. The van der Waals surface area contributed by atoms with Crippen molar-refractivity contribution < 1.29 is 4.74 Å². The van der Waals surface area contributed by atoms with Gasteiger partial charge < -0.3 is 10.1 Å². The minimum atomic E-state index is 0.00619. The van der Waals surface area contributed by atoms with E-state index in [4.69, 9.17) is 16.3 Å². The molecule has 0 aromatic heterocycles. The Morgan fingerprint density at radius 3 is 2.67 bits per heavy atom. The summed E-state index contributed by atoms with van der Waals surface area (Å²) in [5.74, 6) is 0. The van der Waals surface area contributed by atoms with Crippen molar-refractivity contribution in [3.8, 4) is 0 Å². The van der Waals surface area contributed by atoms with Gasteiger partial charge in [-0.2, -0.15) is 0 Å². The van der Waals surface area contributed by atoms with Crippen LogP contribution in [0.4, 0.5) is 0 Å². The van der Waals surface area contributed by atoms with Gasteiger partial charge in [-0.3, -0.25) is 0 Å². The molecule has 1 unspecified atom stereocenters. The SMILES string of the molecule is CCCNC(Cc1cccc(Cl)c1)C1(OCC)CCCC1. The Bertz CT molecular complexity index is 429. The minimum absolute atomic E-state index is 0.00619. The first-order chi connectivity index (χ1) is 10.2. The van der Waals surface area contributed by atoms with E-state index in [1.165, 1.54) is 31.2 Å². The van der Waals surface area contributed by atoms with Gasteiger partial charge in [-0.1, -0.05) is 43.5 Å². The van der Waals surface area contributed by atoms with Crippen molar-refractivity contribution in [2.75, 3.05) is 13.2 Å². The van der Waals surface area contributed by atoms with Crippen molar-refractivity contribution in [2.45, 2.75) is 64.0 Å². The highest BCUT2D eigenvalue weighted by Crippen LogP contribution is 2.37. The molecular weight excluding hydrogens is 282 g/mol. The second kappa shape index (κ2) is 8.17. The summed E-state index contributed by atoms with van der Waals surface area (Å²) in [6.45, 7) is 6.15. The minimum Gasteiger partial charge on any atom is -0.374 e. The lowest BCUT2D eigenvalue weighted by atomic mass is 9.87. The Morgan fingerprint density at radius 2 is 2.05 bits per heavy atom. The Hall–Kier alpha value is -0.570. The maximum absolute atomic E-state index is 6.26. The molecule has 0 radical (unpaired) electrons. The first-order valence-corrected chi connectivity index (χ1v) is 8.70. The second-order valence-corrected chi connectivity index (χ2v) is 6.48. The van der Waals surface area contributed by atoms with Crippen molar-refractivity contribution in [3.05, 3.63) is 34.9 Å². The summed E-state index contributed by atoms with van der Waals surface area (Å²) in [6, 6.07) is 8.60. The fourth-order valence-corrected chi connectivity index (χ4v) is 3.73. The summed E-state index contributed by atoms with van der Waals surface area (Å²) < 4.78 is 6.26. The largest absolute Gasteiger partial charge is 0.374 e. The van der Waals surface area contributed by atoms with Crippen molar-refractivity contribution in [3.63, 3.8) is 0 Å². The van der Waals surface area contributed by atoms with Gasteiger partial charge in [0, 0.05) is 17.7 Å². The molecule has 1 atom stereocenters. The zero-order chi connectivity index (χ0) is 15.1. The van der Waals surface area contributed by atoms with Crippen LogP contribution in [0.15, 0.2) is 24.3 Å². The molecule has 0 amide bonds. The summed E-state index contributed by atoms with van der Waals surface area (Å²) in [5.41, 5.74) is 1.30. The van der Waals surface area contributed by atoms with Crippen LogP contribution in [0.3, 0.4) is 0 Å². The Morgan fingerprint density at radius 1 is 1.29 bits per heavy atom. The van der Waals surface area contributed by atoms with Crippen LogP contribution in [0.5, 0.6) is 0 Å². The summed E-state index contributed by atoms with van der Waals surface area (Å²) in [5, 5.41) is 4.56. The summed E-state index contributed by atoms with van der Waals surface area (Å²) in [7, 11) is 0. The van der Waals surface area contributed by atoms with E-state index in [1.807, 2.05) is 12.1 Å². The van der Waals surface area contributed by atoms with Gasteiger partial charge in [0.2, 0.25) is 0 Å². The number of nitrogens with one attached hydrogen (secondary N) is 1. The topological polar surface area (TPSA) is 21.3 Å². The molecule has 0 aliphatic heterocycles. The molecule has 3 heteroatoms. The van der Waals surface area contributed by atoms with E-state index in [-0.39, 0.29) is 5.60 Å². The van der Waals surface area contributed by atoms with Gasteiger partial charge in [0.1, 0.15) is 0 Å². The van der Waals surface area contributed by atoms with E-state index in [1.54, 1.807) is 0 Å². The maximum Gasteiger partial charge on any atom is 0.0837 e. The molecule has 1 aromatic rings. The number of halogens is 1. The quantitative estimate of drug-likeness (QED) is 0.757. The van der Waals surface area contributed by atoms with Crippen molar-refractivity contribution in [2.24, 2.45) is 0 Å². The lowest BCUT2D eigenvalue weighted by Crippen LogP contribution is -2.52. The Kier molecular flexibility index (Phi) is 6.53. The van der Waals surface area contributed by atoms with Crippen LogP contribution in [-0.4, -0.2) is 24.8 Å². The van der Waals surface area contributed by atoms with E-state index in [0.29, 0.717) is 6.04 Å². The molecule has 1 aliphatic carbocycles. The third kappa shape index (κ3) is 4.45. The predicted molar refractivity (Wildman–Crippen MR) is 90.1 cm³/mol. The first-order valence-electron chi connectivity index (χ1n) is 8.32. The zero-order valence-electron chi connectivity index (χ0n) is 13.3. The van der Waals surface area contributed by atoms with Crippen LogP contribution < -0.4 is 5.32 Å². The van der Waals surface area contributed by atoms with E-state index in [2.05, 4.69) is 31.3 Å². The highest BCUT2D eigenvalue weighted by Gasteiger charge is 2.41. The molecule has 0 saturated heterocycles. The number of hydrogen-bond donors (Lipinski definition) is 1. The number of ether oxygens (including phenoxy) is 1. The van der Waals surface area contributed by atoms with Gasteiger partial charge in [0.05, 0.1) is 5.60 Å². The standard InChI is InChI=1S/C18H28ClNO/c1-3-12-20-17(14-15-8-7-9-16(19)13-15)18(21-4-2)10-5-6-11-18/h7-9,13,17,20H,3-6,10-12,14H2,1-2H3. The van der Waals surface area contributed by atoms with Crippen molar-refractivity contribution in [1.29, 1.82) is 0 Å². The summed E-state index contributed by atoms with van der Waals surface area (Å²) in [6.07, 6.45) is 7.03. The summed E-state index contributed by atoms with van der Waals surface area (Å²) in [4.78, 5) is 0. The van der Waals surface area contributed by atoms with Crippen molar-refractivity contribution in [1.82, 2.24) is 5.32 Å².